The molecule has 4 heteroatoms. The summed E-state index contributed by atoms with van der Waals surface area (Å²) in [6.45, 7) is 4.82. The molecule has 0 unspecified atom stereocenters. The number of likely N-dealkylation sites (N-methyl/N-ethyl adjacent to an activating group) is 2. The zero-order valence-corrected chi connectivity index (χ0v) is 9.73. The standard InChI is InChI=1S/C12H18N2O2/c1-3-14(9-8-13-2)11-6-4-10(5-7-11)12(15)16/h4-7,13H,3,8-9H2,1-2H3,(H,15,16). The molecule has 1 aromatic carbocycles. The second kappa shape index (κ2) is 6.12. The Balaban J connectivity index is 2.74. The van der Waals surface area contributed by atoms with Crippen molar-refractivity contribution in [2.45, 2.75) is 6.92 Å². The fourth-order valence-corrected chi connectivity index (χ4v) is 1.53. The fraction of sp³-hybridized carbons (Fsp3) is 0.417. The molecule has 0 atom stereocenters. The highest BCUT2D eigenvalue weighted by atomic mass is 16.4. The number of anilines is 1. The van der Waals surface area contributed by atoms with Crippen LogP contribution in [0.1, 0.15) is 17.3 Å². The molecule has 2 N–H and O–H groups in total. The highest BCUT2D eigenvalue weighted by Crippen LogP contribution is 2.14. The molecule has 0 spiro atoms. The largest absolute Gasteiger partial charge is 0.478 e. The van der Waals surface area contributed by atoms with Gasteiger partial charge in [-0.25, -0.2) is 4.79 Å². The summed E-state index contributed by atoms with van der Waals surface area (Å²) >= 11 is 0. The molecule has 0 heterocycles. The average molecular weight is 222 g/mol. The van der Waals surface area contributed by atoms with Crippen LogP contribution in [0.15, 0.2) is 24.3 Å². The van der Waals surface area contributed by atoms with Gasteiger partial charge in [-0.15, -0.1) is 0 Å². The van der Waals surface area contributed by atoms with Crippen LogP contribution >= 0.6 is 0 Å². The van der Waals surface area contributed by atoms with Gasteiger partial charge in [-0.3, -0.25) is 0 Å². The van der Waals surface area contributed by atoms with E-state index in [1.807, 2.05) is 19.2 Å². The van der Waals surface area contributed by atoms with E-state index in [0.29, 0.717) is 5.56 Å². The number of hydrogen-bond acceptors (Lipinski definition) is 3. The minimum absolute atomic E-state index is 0.327. The number of benzene rings is 1. The molecule has 1 aromatic rings. The lowest BCUT2D eigenvalue weighted by Gasteiger charge is -2.22. The Kier molecular flexibility index (Phi) is 4.79. The number of carboxylic acids is 1. The van der Waals surface area contributed by atoms with E-state index in [2.05, 4.69) is 17.1 Å². The number of nitrogens with one attached hydrogen (secondary N) is 1. The number of hydrogen-bond donors (Lipinski definition) is 2. The highest BCUT2D eigenvalue weighted by molar-refractivity contribution is 5.88. The average Bonchev–Trinajstić information content (AvgIpc) is 2.30. The SMILES string of the molecule is CCN(CCNC)c1ccc(C(=O)O)cc1. The molecular formula is C12H18N2O2. The molecule has 0 fully saturated rings. The van der Waals surface area contributed by atoms with Crippen LogP contribution in [0.3, 0.4) is 0 Å². The molecule has 4 nitrogen and oxygen atoms in total. The number of aromatic carboxylic acids is 1. The first-order valence-electron chi connectivity index (χ1n) is 5.42. The lowest BCUT2D eigenvalue weighted by molar-refractivity contribution is 0.0697. The van der Waals surface area contributed by atoms with Gasteiger partial charge >= 0.3 is 5.97 Å². The third-order valence-corrected chi connectivity index (χ3v) is 2.49. The number of nitrogens with zero attached hydrogens (tertiary/aromatic N) is 1. The van der Waals surface area contributed by atoms with E-state index in [4.69, 9.17) is 5.11 Å². The van der Waals surface area contributed by atoms with Crippen molar-refractivity contribution in [3.05, 3.63) is 29.8 Å². The molecule has 0 radical (unpaired) electrons. The Labute approximate surface area is 95.9 Å². The van der Waals surface area contributed by atoms with Crippen LogP contribution in [-0.2, 0) is 0 Å². The van der Waals surface area contributed by atoms with Gasteiger partial charge in [0.1, 0.15) is 0 Å². The van der Waals surface area contributed by atoms with Gasteiger partial charge in [0.05, 0.1) is 5.56 Å². The summed E-state index contributed by atoms with van der Waals surface area (Å²) in [5, 5.41) is 11.9. The lowest BCUT2D eigenvalue weighted by atomic mass is 10.2. The first kappa shape index (κ1) is 12.5. The Hall–Kier alpha value is -1.55. The molecule has 0 amide bonds. The first-order valence-corrected chi connectivity index (χ1v) is 5.42. The Bertz CT molecular complexity index is 335. The number of carbonyl (C=O) groups is 1. The molecule has 88 valence electrons. The van der Waals surface area contributed by atoms with Crippen LogP contribution in [0.4, 0.5) is 5.69 Å². The number of rotatable bonds is 6. The summed E-state index contributed by atoms with van der Waals surface area (Å²) in [7, 11) is 1.92. The van der Waals surface area contributed by atoms with Crippen LogP contribution in [-0.4, -0.2) is 37.8 Å². The highest BCUT2D eigenvalue weighted by Gasteiger charge is 2.05. The van der Waals surface area contributed by atoms with Gasteiger partial charge in [-0.2, -0.15) is 0 Å². The van der Waals surface area contributed by atoms with Crippen molar-refractivity contribution in [1.82, 2.24) is 5.32 Å². The maximum atomic E-state index is 10.7. The fourth-order valence-electron chi connectivity index (χ4n) is 1.53. The predicted molar refractivity (Wildman–Crippen MR) is 65.2 cm³/mol. The van der Waals surface area contributed by atoms with Crippen molar-refractivity contribution in [2.24, 2.45) is 0 Å². The molecule has 0 aliphatic carbocycles. The van der Waals surface area contributed by atoms with Gasteiger partial charge in [-0.05, 0) is 38.2 Å². The van der Waals surface area contributed by atoms with E-state index in [0.717, 1.165) is 25.3 Å². The van der Waals surface area contributed by atoms with Gasteiger partial charge in [0.2, 0.25) is 0 Å². The Morgan fingerprint density at radius 3 is 2.44 bits per heavy atom. The van der Waals surface area contributed by atoms with Crippen LogP contribution in [0.5, 0.6) is 0 Å². The minimum Gasteiger partial charge on any atom is -0.478 e. The van der Waals surface area contributed by atoms with Gasteiger partial charge in [0.15, 0.2) is 0 Å². The Morgan fingerprint density at radius 2 is 2.00 bits per heavy atom. The van der Waals surface area contributed by atoms with Crippen LogP contribution in [0, 0.1) is 0 Å². The summed E-state index contributed by atoms with van der Waals surface area (Å²) < 4.78 is 0. The second-order valence-electron chi connectivity index (χ2n) is 3.54. The van der Waals surface area contributed by atoms with Gasteiger partial charge in [0.25, 0.3) is 0 Å². The summed E-state index contributed by atoms with van der Waals surface area (Å²) in [4.78, 5) is 12.9. The van der Waals surface area contributed by atoms with E-state index in [-0.39, 0.29) is 0 Å². The molecule has 0 bridgehead atoms. The maximum absolute atomic E-state index is 10.7. The van der Waals surface area contributed by atoms with Crippen LogP contribution in [0.2, 0.25) is 0 Å². The van der Waals surface area contributed by atoms with Crippen molar-refractivity contribution in [3.8, 4) is 0 Å². The van der Waals surface area contributed by atoms with Crippen molar-refractivity contribution in [2.75, 3.05) is 31.6 Å². The van der Waals surface area contributed by atoms with Gasteiger partial charge in [-0.1, -0.05) is 0 Å². The van der Waals surface area contributed by atoms with Crippen molar-refractivity contribution >= 4 is 11.7 Å². The maximum Gasteiger partial charge on any atom is 0.335 e. The quantitative estimate of drug-likeness (QED) is 0.764. The van der Waals surface area contributed by atoms with Crippen molar-refractivity contribution in [1.29, 1.82) is 0 Å². The van der Waals surface area contributed by atoms with Gasteiger partial charge in [0, 0.05) is 25.3 Å². The zero-order chi connectivity index (χ0) is 12.0. The smallest absolute Gasteiger partial charge is 0.335 e. The third kappa shape index (κ3) is 3.24. The van der Waals surface area contributed by atoms with E-state index in [9.17, 15) is 4.79 Å². The molecule has 1 rings (SSSR count). The topological polar surface area (TPSA) is 52.6 Å². The normalized spacial score (nSPS) is 10.1. The molecule has 0 aliphatic rings. The third-order valence-electron chi connectivity index (χ3n) is 2.49. The predicted octanol–water partition coefficient (Wildman–Crippen LogP) is 1.43. The first-order chi connectivity index (χ1) is 7.69. The monoisotopic (exact) mass is 222 g/mol. The molecule has 0 saturated carbocycles. The molecule has 0 aromatic heterocycles. The van der Waals surface area contributed by atoms with E-state index >= 15 is 0 Å². The van der Waals surface area contributed by atoms with Crippen molar-refractivity contribution < 1.29 is 9.90 Å². The minimum atomic E-state index is -0.884. The second-order valence-corrected chi connectivity index (χ2v) is 3.54. The van der Waals surface area contributed by atoms with E-state index in [1.165, 1.54) is 0 Å². The molecule has 0 aliphatic heterocycles. The van der Waals surface area contributed by atoms with Gasteiger partial charge < -0.3 is 15.3 Å². The van der Waals surface area contributed by atoms with Crippen LogP contribution < -0.4 is 10.2 Å². The summed E-state index contributed by atoms with van der Waals surface area (Å²) in [6.07, 6.45) is 0. The number of carboxylic acid groups (broad SMARTS) is 1. The molecule has 0 saturated heterocycles. The van der Waals surface area contributed by atoms with Crippen molar-refractivity contribution in [3.63, 3.8) is 0 Å². The Morgan fingerprint density at radius 1 is 1.38 bits per heavy atom. The van der Waals surface area contributed by atoms with E-state index < -0.39 is 5.97 Å². The molecule has 16 heavy (non-hydrogen) atoms. The summed E-state index contributed by atoms with van der Waals surface area (Å²) in [6, 6.07) is 6.98. The van der Waals surface area contributed by atoms with E-state index in [1.54, 1.807) is 12.1 Å². The summed E-state index contributed by atoms with van der Waals surface area (Å²) in [5.41, 5.74) is 1.39. The van der Waals surface area contributed by atoms with Crippen LogP contribution in [0.25, 0.3) is 0 Å². The molecular weight excluding hydrogens is 204 g/mol. The lowest BCUT2D eigenvalue weighted by Crippen LogP contribution is -2.30. The zero-order valence-electron chi connectivity index (χ0n) is 9.73. The summed E-state index contributed by atoms with van der Waals surface area (Å²) in [5.74, 6) is -0.884.